The number of ether oxygens (including phenoxy) is 1. The molecule has 0 aromatic heterocycles. The summed E-state index contributed by atoms with van der Waals surface area (Å²) in [6, 6.07) is 14.0. The van der Waals surface area contributed by atoms with E-state index in [0.717, 1.165) is 12.1 Å². The highest BCUT2D eigenvalue weighted by Gasteiger charge is 2.09. The smallest absolute Gasteiger partial charge is 0.258 e. The first-order chi connectivity index (χ1) is 11.1. The molecule has 23 heavy (non-hydrogen) atoms. The minimum atomic E-state index is -0.473. The Morgan fingerprint density at radius 3 is 2.43 bits per heavy atom. The van der Waals surface area contributed by atoms with Crippen molar-refractivity contribution in [2.75, 3.05) is 20.7 Å². The number of hydrogen-bond donors (Lipinski definition) is 2. The monoisotopic (exact) mass is 317 g/mol. The maximum atomic E-state index is 13.4. The Kier molecular flexibility index (Phi) is 6.11. The van der Waals surface area contributed by atoms with Gasteiger partial charge < -0.3 is 15.0 Å². The molecule has 2 N–H and O–H groups in total. The highest BCUT2D eigenvalue weighted by atomic mass is 19.1. The Morgan fingerprint density at radius 2 is 1.74 bits per heavy atom. The van der Waals surface area contributed by atoms with Crippen LogP contribution in [0.15, 0.2) is 48.5 Å². The fourth-order valence-electron chi connectivity index (χ4n) is 2.23. The second-order valence-electron chi connectivity index (χ2n) is 5.65. The van der Waals surface area contributed by atoms with Gasteiger partial charge in [0.15, 0.2) is 18.2 Å². The van der Waals surface area contributed by atoms with E-state index in [1.54, 1.807) is 12.1 Å². The fraction of sp³-hybridized carbons (Fsp3) is 0.278. The van der Waals surface area contributed by atoms with Gasteiger partial charge in [-0.25, -0.2) is 4.39 Å². The second-order valence-corrected chi connectivity index (χ2v) is 5.65. The molecule has 0 saturated carbocycles. The lowest BCUT2D eigenvalue weighted by molar-refractivity contribution is -0.872. The first-order valence-electron chi connectivity index (χ1n) is 7.56. The average Bonchev–Trinajstić information content (AvgIpc) is 2.53. The van der Waals surface area contributed by atoms with Crippen molar-refractivity contribution in [1.29, 1.82) is 0 Å². The molecule has 0 fully saturated rings. The summed E-state index contributed by atoms with van der Waals surface area (Å²) in [7, 11) is 4.16. The summed E-state index contributed by atoms with van der Waals surface area (Å²) in [5.74, 6) is -0.667. The Bertz CT molecular complexity index is 659. The van der Waals surface area contributed by atoms with E-state index in [1.807, 2.05) is 18.2 Å². The number of hydrogen-bond acceptors (Lipinski definition) is 2. The zero-order valence-corrected chi connectivity index (χ0v) is 13.4. The molecule has 2 rings (SSSR count). The van der Waals surface area contributed by atoms with E-state index in [1.165, 1.54) is 22.6 Å². The third kappa shape index (κ3) is 5.38. The Labute approximate surface area is 135 Å². The number of halogens is 1. The largest absolute Gasteiger partial charge is 0.481 e. The number of rotatable bonds is 7. The third-order valence-electron chi connectivity index (χ3n) is 3.33. The minimum absolute atomic E-state index is 0.0826. The van der Waals surface area contributed by atoms with Crippen LogP contribution in [0.1, 0.15) is 11.1 Å². The molecule has 0 saturated heterocycles. The summed E-state index contributed by atoms with van der Waals surface area (Å²) in [5, 5.41) is 2.81. The molecule has 0 aliphatic carbocycles. The second kappa shape index (κ2) is 8.29. The molecule has 0 atom stereocenters. The van der Waals surface area contributed by atoms with Crippen molar-refractivity contribution in [3.05, 3.63) is 65.5 Å². The number of quaternary nitrogens is 1. The van der Waals surface area contributed by atoms with Crippen LogP contribution in [0.2, 0.25) is 0 Å². The Hall–Kier alpha value is -2.40. The predicted molar refractivity (Wildman–Crippen MR) is 86.7 cm³/mol. The van der Waals surface area contributed by atoms with Crippen molar-refractivity contribution < 1.29 is 18.8 Å². The van der Waals surface area contributed by atoms with Gasteiger partial charge in [0.1, 0.15) is 6.54 Å². The quantitative estimate of drug-likeness (QED) is 0.805. The normalized spacial score (nSPS) is 10.6. The average molecular weight is 317 g/mol. The van der Waals surface area contributed by atoms with Crippen LogP contribution in [-0.2, 0) is 17.9 Å². The van der Waals surface area contributed by atoms with Crippen molar-refractivity contribution >= 4 is 5.91 Å². The van der Waals surface area contributed by atoms with E-state index in [2.05, 4.69) is 25.5 Å². The van der Waals surface area contributed by atoms with Crippen LogP contribution in [0.4, 0.5) is 4.39 Å². The highest BCUT2D eigenvalue weighted by molar-refractivity contribution is 5.77. The summed E-state index contributed by atoms with van der Waals surface area (Å²) in [4.78, 5) is 13.2. The van der Waals surface area contributed by atoms with Crippen molar-refractivity contribution in [3.63, 3.8) is 0 Å². The zero-order valence-electron chi connectivity index (χ0n) is 13.4. The molecule has 0 spiro atoms. The van der Waals surface area contributed by atoms with Crippen LogP contribution >= 0.6 is 0 Å². The van der Waals surface area contributed by atoms with E-state index < -0.39 is 5.82 Å². The number of para-hydroxylation sites is 1. The van der Waals surface area contributed by atoms with Gasteiger partial charge in [-0.05, 0) is 17.7 Å². The lowest BCUT2D eigenvalue weighted by atomic mass is 10.1. The Morgan fingerprint density at radius 1 is 1.09 bits per heavy atom. The van der Waals surface area contributed by atoms with Gasteiger partial charge in [-0.3, -0.25) is 4.79 Å². The van der Waals surface area contributed by atoms with Crippen LogP contribution in [0.25, 0.3) is 0 Å². The molecule has 0 aliphatic rings. The van der Waals surface area contributed by atoms with Gasteiger partial charge in [-0.2, -0.15) is 0 Å². The lowest BCUT2D eigenvalue weighted by Crippen LogP contribution is -3.04. The molecule has 0 unspecified atom stereocenters. The minimum Gasteiger partial charge on any atom is -0.481 e. The van der Waals surface area contributed by atoms with Crippen LogP contribution in [0, 0.1) is 5.82 Å². The van der Waals surface area contributed by atoms with Gasteiger partial charge in [-0.15, -0.1) is 0 Å². The van der Waals surface area contributed by atoms with E-state index in [4.69, 9.17) is 4.74 Å². The highest BCUT2D eigenvalue weighted by Crippen LogP contribution is 2.15. The summed E-state index contributed by atoms with van der Waals surface area (Å²) in [5.41, 5.74) is 2.27. The SMILES string of the molecule is C[NH+](C)Cc1ccccc1CNC(=O)COc1ccccc1F. The molecule has 5 heteroatoms. The molecule has 4 nitrogen and oxygen atoms in total. The van der Waals surface area contributed by atoms with Gasteiger partial charge in [-0.1, -0.05) is 36.4 Å². The van der Waals surface area contributed by atoms with E-state index in [-0.39, 0.29) is 18.3 Å². The molecular formula is C18H22FN2O2+. The van der Waals surface area contributed by atoms with Crippen molar-refractivity contribution in [3.8, 4) is 5.75 Å². The summed E-state index contributed by atoms with van der Waals surface area (Å²) < 4.78 is 18.6. The topological polar surface area (TPSA) is 42.8 Å². The summed E-state index contributed by atoms with van der Waals surface area (Å²) in [6.45, 7) is 1.11. The van der Waals surface area contributed by atoms with Gasteiger partial charge in [0.05, 0.1) is 14.1 Å². The molecule has 0 heterocycles. The first-order valence-corrected chi connectivity index (χ1v) is 7.56. The fourth-order valence-corrected chi connectivity index (χ4v) is 2.23. The van der Waals surface area contributed by atoms with Crippen LogP contribution in [0.5, 0.6) is 5.75 Å². The van der Waals surface area contributed by atoms with Crippen LogP contribution < -0.4 is 15.0 Å². The summed E-state index contributed by atoms with van der Waals surface area (Å²) >= 11 is 0. The van der Waals surface area contributed by atoms with Crippen molar-refractivity contribution in [1.82, 2.24) is 5.32 Å². The van der Waals surface area contributed by atoms with E-state index in [9.17, 15) is 9.18 Å². The molecule has 2 aromatic rings. The molecule has 0 radical (unpaired) electrons. The standard InChI is InChI=1S/C18H21FN2O2/c1-21(2)12-15-8-4-3-7-14(15)11-20-18(22)13-23-17-10-6-5-9-16(17)19/h3-10H,11-13H2,1-2H3,(H,20,22)/p+1. The molecule has 0 bridgehead atoms. The van der Waals surface area contributed by atoms with Crippen molar-refractivity contribution in [2.24, 2.45) is 0 Å². The maximum Gasteiger partial charge on any atom is 0.258 e. The zero-order chi connectivity index (χ0) is 16.7. The van der Waals surface area contributed by atoms with Crippen LogP contribution in [0.3, 0.4) is 0 Å². The summed E-state index contributed by atoms with van der Waals surface area (Å²) in [6.07, 6.45) is 0. The lowest BCUT2D eigenvalue weighted by Gasteiger charge is -2.13. The molecule has 0 aliphatic heterocycles. The van der Waals surface area contributed by atoms with Gasteiger partial charge in [0, 0.05) is 12.1 Å². The van der Waals surface area contributed by atoms with E-state index >= 15 is 0 Å². The predicted octanol–water partition coefficient (Wildman–Crippen LogP) is 1.17. The number of carbonyl (C=O) groups excluding carboxylic acids is 1. The van der Waals surface area contributed by atoms with Crippen molar-refractivity contribution in [2.45, 2.75) is 13.1 Å². The van der Waals surface area contributed by atoms with Gasteiger partial charge >= 0.3 is 0 Å². The molecular weight excluding hydrogens is 295 g/mol. The molecule has 2 aromatic carbocycles. The maximum absolute atomic E-state index is 13.4. The van der Waals surface area contributed by atoms with Gasteiger partial charge in [0.25, 0.3) is 5.91 Å². The van der Waals surface area contributed by atoms with Gasteiger partial charge in [0.2, 0.25) is 0 Å². The first kappa shape index (κ1) is 17.0. The van der Waals surface area contributed by atoms with E-state index in [0.29, 0.717) is 6.54 Å². The number of nitrogens with one attached hydrogen (secondary N) is 2. The number of benzene rings is 2. The molecule has 1 amide bonds. The number of carbonyl (C=O) groups is 1. The molecule has 122 valence electrons. The number of amides is 1. The van der Waals surface area contributed by atoms with Crippen LogP contribution in [-0.4, -0.2) is 26.6 Å². The Balaban J connectivity index is 1.86. The third-order valence-corrected chi connectivity index (χ3v) is 3.33.